The van der Waals surface area contributed by atoms with Gasteiger partial charge in [-0.25, -0.2) is 0 Å². The van der Waals surface area contributed by atoms with Crippen molar-refractivity contribution in [1.82, 2.24) is 5.32 Å². The molecule has 0 aliphatic carbocycles. The molecule has 0 aromatic heterocycles. The Morgan fingerprint density at radius 2 is 1.86 bits per heavy atom. The van der Waals surface area contributed by atoms with Crippen LogP contribution in [-0.4, -0.2) is 18.6 Å². The van der Waals surface area contributed by atoms with E-state index in [0.717, 1.165) is 16.9 Å². The molecule has 0 bridgehead atoms. The number of benzene rings is 2. The van der Waals surface area contributed by atoms with E-state index in [4.69, 9.17) is 9.47 Å². The van der Waals surface area contributed by atoms with Crippen LogP contribution >= 0.6 is 0 Å². The Balaban J connectivity index is 1.73. The third-order valence-corrected chi connectivity index (χ3v) is 3.68. The van der Waals surface area contributed by atoms with Gasteiger partial charge in [0.1, 0.15) is 0 Å². The second kappa shape index (κ2) is 4.34. The van der Waals surface area contributed by atoms with Gasteiger partial charge in [-0.1, -0.05) is 18.2 Å². The first-order chi connectivity index (χ1) is 10.2. The molecule has 0 unspecified atom stereocenters. The highest BCUT2D eigenvalue weighted by molar-refractivity contribution is 6.22. The van der Waals surface area contributed by atoms with Crippen molar-refractivity contribution in [1.29, 1.82) is 0 Å². The fourth-order valence-electron chi connectivity index (χ4n) is 2.71. The van der Waals surface area contributed by atoms with Crippen molar-refractivity contribution in [2.24, 2.45) is 0 Å². The zero-order chi connectivity index (χ0) is 14.4. The van der Waals surface area contributed by atoms with Gasteiger partial charge in [0, 0.05) is 0 Å². The zero-order valence-corrected chi connectivity index (χ0v) is 11.0. The highest BCUT2D eigenvalue weighted by atomic mass is 16.7. The predicted molar refractivity (Wildman–Crippen MR) is 73.6 cm³/mol. The number of imide groups is 1. The summed E-state index contributed by atoms with van der Waals surface area (Å²) in [4.78, 5) is 23.6. The van der Waals surface area contributed by atoms with Gasteiger partial charge in [0.2, 0.25) is 6.79 Å². The van der Waals surface area contributed by atoms with E-state index in [1.165, 1.54) is 0 Å². The highest BCUT2D eigenvalue weighted by Gasteiger charge is 2.29. The first kappa shape index (κ1) is 12.0. The summed E-state index contributed by atoms with van der Waals surface area (Å²) >= 11 is 0. The average molecular weight is 281 g/mol. The molecule has 0 saturated carbocycles. The lowest BCUT2D eigenvalue weighted by Crippen LogP contribution is -2.20. The number of hydrogen-bond donors (Lipinski definition) is 1. The number of carbonyl (C=O) groups is 2. The third kappa shape index (κ3) is 1.86. The standard InChI is InChI=1S/C16H11NO4/c18-15-11-3-1-2-10(14(11)16(19)17-15)6-9-4-5-12-13(7-9)21-8-20-12/h1-5,7H,6,8H2,(H,17,18,19). The first-order valence-electron chi connectivity index (χ1n) is 6.58. The lowest BCUT2D eigenvalue weighted by Gasteiger charge is -2.07. The molecule has 2 aliphatic rings. The maximum absolute atomic E-state index is 11.9. The summed E-state index contributed by atoms with van der Waals surface area (Å²) in [6, 6.07) is 11.0. The van der Waals surface area contributed by atoms with E-state index in [0.29, 0.717) is 23.3 Å². The topological polar surface area (TPSA) is 64.6 Å². The molecule has 2 amide bonds. The Bertz CT molecular complexity index is 782. The van der Waals surface area contributed by atoms with Crippen LogP contribution < -0.4 is 14.8 Å². The first-order valence-corrected chi connectivity index (χ1v) is 6.58. The Labute approximate surface area is 120 Å². The maximum Gasteiger partial charge on any atom is 0.259 e. The Morgan fingerprint density at radius 1 is 1.00 bits per heavy atom. The van der Waals surface area contributed by atoms with Crippen molar-refractivity contribution in [2.45, 2.75) is 6.42 Å². The molecule has 0 saturated heterocycles. The fraction of sp³-hybridized carbons (Fsp3) is 0.125. The molecule has 2 aromatic carbocycles. The van der Waals surface area contributed by atoms with Crippen LogP contribution in [0.1, 0.15) is 31.8 Å². The summed E-state index contributed by atoms with van der Waals surface area (Å²) in [5.41, 5.74) is 2.74. The number of ether oxygens (including phenoxy) is 2. The molecule has 0 fully saturated rings. The number of amides is 2. The molecule has 5 nitrogen and oxygen atoms in total. The van der Waals surface area contributed by atoms with Gasteiger partial charge >= 0.3 is 0 Å². The molecule has 21 heavy (non-hydrogen) atoms. The van der Waals surface area contributed by atoms with Crippen LogP contribution in [0.3, 0.4) is 0 Å². The smallest absolute Gasteiger partial charge is 0.259 e. The van der Waals surface area contributed by atoms with Crippen molar-refractivity contribution in [3.05, 3.63) is 58.7 Å². The minimum Gasteiger partial charge on any atom is -0.454 e. The Morgan fingerprint density at radius 3 is 2.76 bits per heavy atom. The van der Waals surface area contributed by atoms with E-state index < -0.39 is 0 Å². The summed E-state index contributed by atoms with van der Waals surface area (Å²) in [6.07, 6.45) is 0.556. The summed E-state index contributed by atoms with van der Waals surface area (Å²) in [5, 5.41) is 2.33. The minimum absolute atomic E-state index is 0.233. The monoisotopic (exact) mass is 281 g/mol. The molecule has 1 N–H and O–H groups in total. The maximum atomic E-state index is 11.9. The van der Waals surface area contributed by atoms with Gasteiger partial charge in [0.25, 0.3) is 11.8 Å². The van der Waals surface area contributed by atoms with E-state index in [1.54, 1.807) is 12.1 Å². The molecular formula is C16H11NO4. The molecule has 0 atom stereocenters. The fourth-order valence-corrected chi connectivity index (χ4v) is 2.71. The summed E-state index contributed by atoms with van der Waals surface area (Å²) in [6.45, 7) is 0.233. The van der Waals surface area contributed by atoms with Crippen LogP contribution in [0, 0.1) is 0 Å². The van der Waals surface area contributed by atoms with Gasteiger partial charge in [-0.05, 0) is 35.7 Å². The average Bonchev–Trinajstić information content (AvgIpc) is 3.04. The molecule has 2 aromatic rings. The largest absolute Gasteiger partial charge is 0.454 e. The molecular weight excluding hydrogens is 270 g/mol. The van der Waals surface area contributed by atoms with Crippen molar-refractivity contribution in [2.75, 3.05) is 6.79 Å². The molecule has 104 valence electrons. The van der Waals surface area contributed by atoms with E-state index in [2.05, 4.69) is 5.32 Å². The second-order valence-electron chi connectivity index (χ2n) is 4.99. The summed E-state index contributed by atoms with van der Waals surface area (Å²) in [7, 11) is 0. The second-order valence-corrected chi connectivity index (χ2v) is 4.99. The van der Waals surface area contributed by atoms with Gasteiger partial charge < -0.3 is 9.47 Å². The predicted octanol–water partition coefficient (Wildman–Crippen LogP) is 1.89. The molecule has 0 spiro atoms. The number of carbonyl (C=O) groups excluding carboxylic acids is 2. The van der Waals surface area contributed by atoms with Crippen LogP contribution in [-0.2, 0) is 6.42 Å². The van der Waals surface area contributed by atoms with Crippen LogP contribution in [0.4, 0.5) is 0 Å². The van der Waals surface area contributed by atoms with Crippen molar-refractivity contribution >= 4 is 11.8 Å². The SMILES string of the molecule is O=C1NC(=O)c2c(Cc3ccc4c(c3)OCO4)cccc21. The van der Waals surface area contributed by atoms with Gasteiger partial charge in [-0.15, -0.1) is 0 Å². The van der Waals surface area contributed by atoms with E-state index >= 15 is 0 Å². The molecule has 2 aliphatic heterocycles. The van der Waals surface area contributed by atoms with Crippen LogP contribution in [0.2, 0.25) is 0 Å². The number of hydrogen-bond acceptors (Lipinski definition) is 4. The summed E-state index contributed by atoms with van der Waals surface area (Å²) < 4.78 is 10.6. The summed E-state index contributed by atoms with van der Waals surface area (Å²) in [5.74, 6) is 0.777. The van der Waals surface area contributed by atoms with Crippen molar-refractivity contribution in [3.63, 3.8) is 0 Å². The molecule has 2 heterocycles. The number of nitrogens with one attached hydrogen (secondary N) is 1. The molecule has 4 rings (SSSR count). The van der Waals surface area contributed by atoms with Crippen LogP contribution in [0.25, 0.3) is 0 Å². The minimum atomic E-state index is -0.331. The van der Waals surface area contributed by atoms with Crippen LogP contribution in [0.5, 0.6) is 11.5 Å². The highest BCUT2D eigenvalue weighted by Crippen LogP contribution is 2.33. The van der Waals surface area contributed by atoms with Gasteiger partial charge in [-0.3, -0.25) is 14.9 Å². The van der Waals surface area contributed by atoms with Crippen LogP contribution in [0.15, 0.2) is 36.4 Å². The lowest BCUT2D eigenvalue weighted by molar-refractivity contribution is 0.0879. The normalized spacial score (nSPS) is 15.0. The van der Waals surface area contributed by atoms with Gasteiger partial charge in [0.15, 0.2) is 11.5 Å². The molecule has 5 heteroatoms. The van der Waals surface area contributed by atoms with Crippen molar-refractivity contribution in [3.8, 4) is 11.5 Å². The lowest BCUT2D eigenvalue weighted by atomic mass is 9.97. The van der Waals surface area contributed by atoms with E-state index in [-0.39, 0.29) is 18.6 Å². The Hall–Kier alpha value is -2.82. The van der Waals surface area contributed by atoms with Crippen molar-refractivity contribution < 1.29 is 19.1 Å². The van der Waals surface area contributed by atoms with E-state index in [9.17, 15) is 9.59 Å². The Kier molecular flexibility index (Phi) is 2.47. The third-order valence-electron chi connectivity index (χ3n) is 3.68. The number of rotatable bonds is 2. The van der Waals surface area contributed by atoms with E-state index in [1.807, 2.05) is 24.3 Å². The zero-order valence-electron chi connectivity index (χ0n) is 11.0. The molecule has 0 radical (unpaired) electrons. The quantitative estimate of drug-likeness (QED) is 0.854. The number of fused-ring (bicyclic) bond motifs is 2. The van der Waals surface area contributed by atoms with Gasteiger partial charge in [0.05, 0.1) is 11.1 Å². The van der Waals surface area contributed by atoms with Gasteiger partial charge in [-0.2, -0.15) is 0 Å².